The van der Waals surface area contributed by atoms with Crippen molar-refractivity contribution < 1.29 is 9.15 Å². The third-order valence-electron chi connectivity index (χ3n) is 4.28. The summed E-state index contributed by atoms with van der Waals surface area (Å²) in [7, 11) is 0. The molecule has 0 bridgehead atoms. The SMILES string of the molecule is c1ccc2oc(CCCN3CCO[C@H](Cn4cncn4)C3)nc2c1. The molecule has 24 heavy (non-hydrogen) atoms. The molecule has 7 nitrogen and oxygen atoms in total. The van der Waals surface area contributed by atoms with Crippen LogP contribution < -0.4 is 0 Å². The lowest BCUT2D eigenvalue weighted by Crippen LogP contribution is -2.44. The van der Waals surface area contributed by atoms with E-state index in [4.69, 9.17) is 9.15 Å². The Labute approximate surface area is 140 Å². The maximum absolute atomic E-state index is 5.82. The Morgan fingerprint density at radius 1 is 1.25 bits per heavy atom. The Bertz CT molecular complexity index is 737. The standard InChI is InChI=1S/C17H21N5O2/c1-2-5-16-15(4-1)20-17(24-16)6-3-7-21-8-9-23-14(10-21)11-22-13-18-12-19-22/h1-2,4-5,12-14H,3,6-11H2/t14-/m0/s1. The van der Waals surface area contributed by atoms with Crippen LogP contribution in [-0.2, 0) is 17.7 Å². The second-order valence-corrected chi connectivity index (χ2v) is 6.09. The average Bonchev–Trinajstić information content (AvgIpc) is 3.24. The van der Waals surface area contributed by atoms with Crippen molar-refractivity contribution in [2.75, 3.05) is 26.2 Å². The van der Waals surface area contributed by atoms with Crippen LogP contribution in [0.5, 0.6) is 0 Å². The molecule has 0 N–H and O–H groups in total. The lowest BCUT2D eigenvalue weighted by molar-refractivity contribution is -0.0377. The molecular weight excluding hydrogens is 306 g/mol. The van der Waals surface area contributed by atoms with Gasteiger partial charge in [-0.05, 0) is 25.1 Å². The number of fused-ring (bicyclic) bond motifs is 1. The summed E-state index contributed by atoms with van der Waals surface area (Å²) in [5.41, 5.74) is 1.80. The molecule has 0 saturated carbocycles. The quantitative estimate of drug-likeness (QED) is 0.687. The highest BCUT2D eigenvalue weighted by Gasteiger charge is 2.21. The molecule has 0 aliphatic carbocycles. The predicted octanol–water partition coefficient (Wildman–Crippen LogP) is 1.75. The van der Waals surface area contributed by atoms with Crippen molar-refractivity contribution in [1.29, 1.82) is 0 Å². The zero-order valence-electron chi connectivity index (χ0n) is 13.5. The summed E-state index contributed by atoms with van der Waals surface area (Å²) in [6.45, 7) is 4.44. The van der Waals surface area contributed by atoms with E-state index in [9.17, 15) is 0 Å². The Balaban J connectivity index is 1.26. The summed E-state index contributed by atoms with van der Waals surface area (Å²) in [6.07, 6.45) is 5.35. The maximum Gasteiger partial charge on any atom is 0.195 e. The monoisotopic (exact) mass is 327 g/mol. The van der Waals surface area contributed by atoms with Crippen LogP contribution in [-0.4, -0.2) is 57.0 Å². The lowest BCUT2D eigenvalue weighted by atomic mass is 10.2. The van der Waals surface area contributed by atoms with Gasteiger partial charge in [0.15, 0.2) is 11.5 Å². The molecule has 2 aromatic heterocycles. The molecule has 0 spiro atoms. The number of para-hydroxylation sites is 2. The number of nitrogens with zero attached hydrogens (tertiary/aromatic N) is 5. The van der Waals surface area contributed by atoms with Crippen LogP contribution in [0.2, 0.25) is 0 Å². The molecule has 1 fully saturated rings. The van der Waals surface area contributed by atoms with Crippen LogP contribution in [0, 0.1) is 0 Å². The molecule has 3 heterocycles. The van der Waals surface area contributed by atoms with Crippen molar-refractivity contribution in [2.24, 2.45) is 0 Å². The fourth-order valence-electron chi connectivity index (χ4n) is 3.11. The van der Waals surface area contributed by atoms with Gasteiger partial charge in [-0.25, -0.2) is 9.97 Å². The molecule has 1 aliphatic heterocycles. The number of morpholine rings is 1. The molecule has 1 saturated heterocycles. The van der Waals surface area contributed by atoms with E-state index < -0.39 is 0 Å². The van der Waals surface area contributed by atoms with Gasteiger partial charge in [0.1, 0.15) is 18.2 Å². The van der Waals surface area contributed by atoms with E-state index in [1.807, 2.05) is 28.9 Å². The number of rotatable bonds is 6. The minimum Gasteiger partial charge on any atom is -0.441 e. The van der Waals surface area contributed by atoms with Crippen molar-refractivity contribution in [3.63, 3.8) is 0 Å². The third kappa shape index (κ3) is 3.63. The van der Waals surface area contributed by atoms with Crippen molar-refractivity contribution in [1.82, 2.24) is 24.6 Å². The number of aromatic nitrogens is 4. The molecule has 0 unspecified atom stereocenters. The van der Waals surface area contributed by atoms with Crippen LogP contribution in [0.4, 0.5) is 0 Å². The number of hydrogen-bond donors (Lipinski definition) is 0. The highest BCUT2D eigenvalue weighted by molar-refractivity contribution is 5.72. The summed E-state index contributed by atoms with van der Waals surface area (Å²) < 4.78 is 13.4. The molecule has 1 aliphatic rings. The van der Waals surface area contributed by atoms with E-state index in [1.165, 1.54) is 0 Å². The van der Waals surface area contributed by atoms with Crippen molar-refractivity contribution in [3.05, 3.63) is 42.8 Å². The Morgan fingerprint density at radius 2 is 2.21 bits per heavy atom. The minimum absolute atomic E-state index is 0.171. The van der Waals surface area contributed by atoms with Gasteiger partial charge in [0.25, 0.3) is 0 Å². The van der Waals surface area contributed by atoms with E-state index in [0.29, 0.717) is 0 Å². The first-order valence-corrected chi connectivity index (χ1v) is 8.37. The van der Waals surface area contributed by atoms with Gasteiger partial charge in [-0.15, -0.1) is 0 Å². The largest absolute Gasteiger partial charge is 0.441 e. The van der Waals surface area contributed by atoms with Crippen LogP contribution in [0.1, 0.15) is 12.3 Å². The molecule has 3 aromatic rings. The smallest absolute Gasteiger partial charge is 0.195 e. The number of hydrogen-bond acceptors (Lipinski definition) is 6. The normalized spacial score (nSPS) is 19.1. The summed E-state index contributed by atoms with van der Waals surface area (Å²) in [6, 6.07) is 7.90. The van der Waals surface area contributed by atoms with Gasteiger partial charge in [0.05, 0.1) is 19.3 Å². The van der Waals surface area contributed by atoms with E-state index in [0.717, 1.165) is 62.6 Å². The van der Waals surface area contributed by atoms with Gasteiger partial charge in [-0.1, -0.05) is 12.1 Å². The predicted molar refractivity (Wildman–Crippen MR) is 88.5 cm³/mol. The van der Waals surface area contributed by atoms with Gasteiger partial charge in [-0.2, -0.15) is 5.10 Å². The second-order valence-electron chi connectivity index (χ2n) is 6.09. The zero-order valence-corrected chi connectivity index (χ0v) is 13.5. The molecule has 1 aromatic carbocycles. The van der Waals surface area contributed by atoms with Crippen LogP contribution in [0.15, 0.2) is 41.3 Å². The first-order valence-electron chi connectivity index (χ1n) is 8.37. The Kier molecular flexibility index (Phi) is 4.53. The van der Waals surface area contributed by atoms with E-state index in [2.05, 4.69) is 20.0 Å². The van der Waals surface area contributed by atoms with Gasteiger partial charge in [0, 0.05) is 19.5 Å². The minimum atomic E-state index is 0.171. The molecule has 4 rings (SSSR count). The van der Waals surface area contributed by atoms with Crippen LogP contribution in [0.25, 0.3) is 11.1 Å². The highest BCUT2D eigenvalue weighted by atomic mass is 16.5. The molecule has 126 valence electrons. The summed E-state index contributed by atoms with van der Waals surface area (Å²) in [5, 5.41) is 4.14. The van der Waals surface area contributed by atoms with Gasteiger partial charge < -0.3 is 9.15 Å². The van der Waals surface area contributed by atoms with E-state index in [1.54, 1.807) is 12.7 Å². The summed E-state index contributed by atoms with van der Waals surface area (Å²) >= 11 is 0. The number of benzene rings is 1. The fraction of sp³-hybridized carbons (Fsp3) is 0.471. The van der Waals surface area contributed by atoms with Crippen molar-refractivity contribution in [2.45, 2.75) is 25.5 Å². The lowest BCUT2D eigenvalue weighted by Gasteiger charge is -2.32. The van der Waals surface area contributed by atoms with Crippen LogP contribution in [0.3, 0.4) is 0 Å². The number of oxazole rings is 1. The summed E-state index contributed by atoms with van der Waals surface area (Å²) in [4.78, 5) is 10.9. The fourth-order valence-corrected chi connectivity index (χ4v) is 3.11. The first kappa shape index (κ1) is 15.3. The highest BCUT2D eigenvalue weighted by Crippen LogP contribution is 2.16. The van der Waals surface area contributed by atoms with Crippen molar-refractivity contribution >= 4 is 11.1 Å². The van der Waals surface area contributed by atoms with Gasteiger partial charge in [-0.3, -0.25) is 9.58 Å². The maximum atomic E-state index is 5.82. The Hall–Kier alpha value is -2.25. The molecular formula is C17H21N5O2. The molecule has 7 heteroatoms. The zero-order chi connectivity index (χ0) is 16.2. The average molecular weight is 327 g/mol. The summed E-state index contributed by atoms with van der Waals surface area (Å²) in [5.74, 6) is 0.823. The number of ether oxygens (including phenoxy) is 1. The van der Waals surface area contributed by atoms with Gasteiger partial charge in [0.2, 0.25) is 0 Å². The van der Waals surface area contributed by atoms with Crippen LogP contribution >= 0.6 is 0 Å². The first-order chi connectivity index (χ1) is 11.9. The second kappa shape index (κ2) is 7.11. The molecule has 0 amide bonds. The molecule has 0 radical (unpaired) electrons. The molecule has 1 atom stereocenters. The Morgan fingerprint density at radius 3 is 3.08 bits per heavy atom. The topological polar surface area (TPSA) is 69.2 Å². The van der Waals surface area contributed by atoms with E-state index in [-0.39, 0.29) is 6.10 Å². The van der Waals surface area contributed by atoms with Gasteiger partial charge >= 0.3 is 0 Å². The van der Waals surface area contributed by atoms with E-state index >= 15 is 0 Å². The third-order valence-corrected chi connectivity index (χ3v) is 4.28. The number of aryl methyl sites for hydroxylation is 1. The van der Waals surface area contributed by atoms with Crippen molar-refractivity contribution in [3.8, 4) is 0 Å².